The molecule has 0 aliphatic heterocycles. The summed E-state index contributed by atoms with van der Waals surface area (Å²) >= 11 is 0. The van der Waals surface area contributed by atoms with E-state index in [9.17, 15) is 5.11 Å². The Morgan fingerprint density at radius 2 is 1.85 bits per heavy atom. The minimum atomic E-state index is 0.0585. The van der Waals surface area contributed by atoms with Crippen LogP contribution < -0.4 is 14.8 Å². The molecule has 0 bridgehead atoms. The summed E-state index contributed by atoms with van der Waals surface area (Å²) < 4.78 is 10.3. The third kappa shape index (κ3) is 3.37. The van der Waals surface area contributed by atoms with Crippen LogP contribution in [0, 0.1) is 11.8 Å². The Balaban J connectivity index is 1.95. The highest BCUT2D eigenvalue weighted by Crippen LogP contribution is 2.37. The molecule has 1 saturated carbocycles. The van der Waals surface area contributed by atoms with Crippen LogP contribution in [-0.4, -0.2) is 25.9 Å². The molecule has 1 aromatic rings. The summed E-state index contributed by atoms with van der Waals surface area (Å²) in [6, 6.07) is 3.70. The van der Waals surface area contributed by atoms with Crippen molar-refractivity contribution in [1.29, 1.82) is 0 Å². The van der Waals surface area contributed by atoms with Gasteiger partial charge in [0.05, 0.1) is 14.2 Å². The summed E-state index contributed by atoms with van der Waals surface area (Å²) in [4.78, 5) is 0. The average Bonchev–Trinajstić information content (AvgIpc) is 2.86. The van der Waals surface area contributed by atoms with Gasteiger partial charge in [-0.2, -0.15) is 0 Å². The lowest BCUT2D eigenvalue weighted by molar-refractivity contribution is 0.338. The van der Waals surface area contributed by atoms with Crippen LogP contribution in [0.25, 0.3) is 0 Å². The molecule has 2 N–H and O–H groups in total. The van der Waals surface area contributed by atoms with Gasteiger partial charge in [-0.1, -0.05) is 19.8 Å². The summed E-state index contributed by atoms with van der Waals surface area (Å²) in [5.41, 5.74) is 1.06. The fourth-order valence-corrected chi connectivity index (χ4v) is 2.98. The highest BCUT2D eigenvalue weighted by molar-refractivity contribution is 5.52. The molecule has 2 atom stereocenters. The third-order valence-electron chi connectivity index (χ3n) is 4.31. The lowest BCUT2D eigenvalue weighted by atomic mass is 9.98. The van der Waals surface area contributed by atoms with Crippen LogP contribution in [0.5, 0.6) is 17.2 Å². The maximum Gasteiger partial charge on any atom is 0.200 e. The molecule has 112 valence electrons. The van der Waals surface area contributed by atoms with Crippen LogP contribution in [0.3, 0.4) is 0 Å². The lowest BCUT2D eigenvalue weighted by Crippen LogP contribution is -2.23. The van der Waals surface area contributed by atoms with Gasteiger partial charge in [-0.05, 0) is 42.5 Å². The molecule has 0 aromatic heterocycles. The monoisotopic (exact) mass is 279 g/mol. The van der Waals surface area contributed by atoms with E-state index in [2.05, 4.69) is 12.2 Å². The maximum atomic E-state index is 9.88. The highest BCUT2D eigenvalue weighted by atomic mass is 16.5. The second kappa shape index (κ2) is 6.84. The molecule has 0 heterocycles. The first-order valence-electron chi connectivity index (χ1n) is 7.30. The van der Waals surface area contributed by atoms with E-state index < -0.39 is 0 Å². The molecule has 0 spiro atoms. The quantitative estimate of drug-likeness (QED) is 0.840. The van der Waals surface area contributed by atoms with Crippen LogP contribution in [0.1, 0.15) is 31.7 Å². The average molecular weight is 279 g/mol. The number of aromatic hydroxyl groups is 1. The van der Waals surface area contributed by atoms with Crippen molar-refractivity contribution in [1.82, 2.24) is 5.32 Å². The summed E-state index contributed by atoms with van der Waals surface area (Å²) in [6.45, 7) is 4.15. The Labute approximate surface area is 121 Å². The largest absolute Gasteiger partial charge is 0.502 e. The molecule has 2 unspecified atom stereocenters. The van der Waals surface area contributed by atoms with Crippen LogP contribution in [0.15, 0.2) is 12.1 Å². The zero-order valence-corrected chi connectivity index (χ0v) is 12.6. The van der Waals surface area contributed by atoms with Crippen molar-refractivity contribution in [3.8, 4) is 17.2 Å². The molecular formula is C16H25NO3. The Morgan fingerprint density at radius 1 is 1.20 bits per heavy atom. The van der Waals surface area contributed by atoms with E-state index in [0.717, 1.165) is 30.5 Å². The van der Waals surface area contributed by atoms with Gasteiger partial charge in [0.25, 0.3) is 0 Å². The number of phenols is 1. The minimum Gasteiger partial charge on any atom is -0.502 e. The first kappa shape index (κ1) is 15.0. The molecule has 1 fully saturated rings. The molecule has 20 heavy (non-hydrogen) atoms. The Morgan fingerprint density at radius 3 is 2.35 bits per heavy atom. The van der Waals surface area contributed by atoms with Gasteiger partial charge >= 0.3 is 0 Å². The van der Waals surface area contributed by atoms with Crippen molar-refractivity contribution in [2.24, 2.45) is 11.8 Å². The molecule has 0 amide bonds. The molecule has 1 aromatic carbocycles. The summed E-state index contributed by atoms with van der Waals surface area (Å²) in [5, 5.41) is 13.4. The van der Waals surface area contributed by atoms with Gasteiger partial charge in [0.15, 0.2) is 11.5 Å². The van der Waals surface area contributed by atoms with Gasteiger partial charge in [-0.3, -0.25) is 0 Å². The molecule has 1 aliphatic rings. The van der Waals surface area contributed by atoms with Crippen LogP contribution in [0.4, 0.5) is 0 Å². The van der Waals surface area contributed by atoms with E-state index in [-0.39, 0.29) is 5.75 Å². The number of benzene rings is 1. The van der Waals surface area contributed by atoms with Crippen LogP contribution in [0.2, 0.25) is 0 Å². The number of rotatable bonds is 6. The number of hydrogen-bond acceptors (Lipinski definition) is 4. The van der Waals surface area contributed by atoms with Crippen LogP contribution in [-0.2, 0) is 6.54 Å². The molecule has 1 aliphatic carbocycles. The lowest BCUT2D eigenvalue weighted by Gasteiger charge is -2.16. The summed E-state index contributed by atoms with van der Waals surface area (Å²) in [7, 11) is 3.10. The molecule has 0 radical (unpaired) electrons. The van der Waals surface area contributed by atoms with Gasteiger partial charge in [-0.25, -0.2) is 0 Å². The zero-order valence-electron chi connectivity index (χ0n) is 12.6. The van der Waals surface area contributed by atoms with Gasteiger partial charge in [0, 0.05) is 6.54 Å². The first-order valence-corrected chi connectivity index (χ1v) is 7.30. The van der Waals surface area contributed by atoms with E-state index in [1.807, 2.05) is 12.1 Å². The molecular weight excluding hydrogens is 254 g/mol. The van der Waals surface area contributed by atoms with Crippen molar-refractivity contribution in [3.63, 3.8) is 0 Å². The number of nitrogens with one attached hydrogen (secondary N) is 1. The molecule has 4 nitrogen and oxygen atoms in total. The number of phenolic OH excluding ortho intramolecular Hbond substituents is 1. The fraction of sp³-hybridized carbons (Fsp3) is 0.625. The van der Waals surface area contributed by atoms with E-state index in [4.69, 9.17) is 9.47 Å². The van der Waals surface area contributed by atoms with Crippen molar-refractivity contribution >= 4 is 0 Å². The van der Waals surface area contributed by atoms with E-state index in [0.29, 0.717) is 11.5 Å². The standard InChI is InChI=1S/C16H25NO3/c1-11-5-4-6-13(11)10-17-9-12-7-14(19-2)16(18)15(8-12)20-3/h7-8,11,13,17-18H,4-6,9-10H2,1-3H3. The SMILES string of the molecule is COc1cc(CNCC2CCCC2C)cc(OC)c1O. The summed E-state index contributed by atoms with van der Waals surface area (Å²) in [6.07, 6.45) is 4.04. The van der Waals surface area contributed by atoms with E-state index in [1.54, 1.807) is 14.2 Å². The van der Waals surface area contributed by atoms with Gasteiger partial charge in [-0.15, -0.1) is 0 Å². The van der Waals surface area contributed by atoms with Gasteiger partial charge in [0.2, 0.25) is 5.75 Å². The highest BCUT2D eigenvalue weighted by Gasteiger charge is 2.22. The Bertz CT molecular complexity index is 422. The Hall–Kier alpha value is -1.42. The molecule has 4 heteroatoms. The predicted octanol–water partition coefficient (Wildman–Crippen LogP) is 2.94. The summed E-state index contributed by atoms with van der Waals surface area (Å²) in [5.74, 6) is 2.58. The van der Waals surface area contributed by atoms with Gasteiger partial charge in [0.1, 0.15) is 0 Å². The maximum absolute atomic E-state index is 9.88. The second-order valence-electron chi connectivity index (χ2n) is 5.65. The van der Waals surface area contributed by atoms with Crippen molar-refractivity contribution < 1.29 is 14.6 Å². The Kier molecular flexibility index (Phi) is 5.12. The molecule has 2 rings (SSSR count). The topological polar surface area (TPSA) is 50.7 Å². The van der Waals surface area contributed by atoms with Gasteiger partial charge < -0.3 is 19.9 Å². The van der Waals surface area contributed by atoms with E-state index in [1.165, 1.54) is 19.3 Å². The van der Waals surface area contributed by atoms with Crippen LogP contribution >= 0.6 is 0 Å². The fourth-order valence-electron chi connectivity index (χ4n) is 2.98. The predicted molar refractivity (Wildman–Crippen MR) is 79.4 cm³/mol. The van der Waals surface area contributed by atoms with E-state index >= 15 is 0 Å². The number of hydrogen-bond donors (Lipinski definition) is 2. The number of ether oxygens (including phenoxy) is 2. The number of methoxy groups -OCH3 is 2. The molecule has 0 saturated heterocycles. The zero-order chi connectivity index (χ0) is 14.5. The second-order valence-corrected chi connectivity index (χ2v) is 5.65. The first-order chi connectivity index (χ1) is 9.65. The third-order valence-corrected chi connectivity index (χ3v) is 4.31. The smallest absolute Gasteiger partial charge is 0.200 e. The minimum absolute atomic E-state index is 0.0585. The van der Waals surface area contributed by atoms with Crippen molar-refractivity contribution in [2.75, 3.05) is 20.8 Å². The van der Waals surface area contributed by atoms with Crippen molar-refractivity contribution in [2.45, 2.75) is 32.7 Å². The van der Waals surface area contributed by atoms with Crippen molar-refractivity contribution in [3.05, 3.63) is 17.7 Å². The normalized spacial score (nSPS) is 21.9.